The lowest BCUT2D eigenvalue weighted by atomic mass is 9.34. The zero-order valence-corrected chi connectivity index (χ0v) is 35.3. The van der Waals surface area contributed by atoms with Crippen LogP contribution in [0, 0.1) is 62.1 Å². The van der Waals surface area contributed by atoms with Gasteiger partial charge < -0.3 is 19.9 Å². The van der Waals surface area contributed by atoms with Crippen molar-refractivity contribution < 1.29 is 19.4 Å². The molecule has 4 aliphatic carbocycles. The smallest absolute Gasteiger partial charge is 0.307 e. The summed E-state index contributed by atoms with van der Waals surface area (Å²) < 4.78 is 16.4. The second-order valence-electron chi connectivity index (χ2n) is 20.9. The topological polar surface area (TPSA) is 111 Å². The summed E-state index contributed by atoms with van der Waals surface area (Å²) in [5.41, 5.74) is 0.923. The number of likely N-dealkylation sites (N-methyl/N-ethyl adjacent to an activating group) is 1. The Morgan fingerprint density at radius 2 is 1.76 bits per heavy atom. The third kappa shape index (κ3) is 5.47. The second-order valence-corrected chi connectivity index (χ2v) is 20.9. The maximum absolute atomic E-state index is 13.6. The molecule has 3 saturated carbocycles. The number of fused-ring (bicyclic) bond motifs is 3. The third-order valence-corrected chi connectivity index (χ3v) is 17.7. The third-order valence-electron chi connectivity index (χ3n) is 17.7. The Hall–Kier alpha value is -2.62. The van der Waals surface area contributed by atoms with E-state index in [0.29, 0.717) is 43.5 Å². The van der Waals surface area contributed by atoms with Crippen molar-refractivity contribution in [2.75, 3.05) is 26.9 Å². The quantitative estimate of drug-likeness (QED) is 0.245. The molecule has 1 saturated heterocycles. The van der Waals surface area contributed by atoms with Gasteiger partial charge in [0, 0.05) is 34.3 Å². The molecule has 5 aliphatic rings. The van der Waals surface area contributed by atoms with Crippen molar-refractivity contribution in [3.63, 3.8) is 0 Å². The van der Waals surface area contributed by atoms with E-state index in [1.807, 2.05) is 31.6 Å². The molecule has 9 heteroatoms. The van der Waals surface area contributed by atoms with Crippen molar-refractivity contribution in [3.05, 3.63) is 42.5 Å². The number of hydrogen-bond donors (Lipinski definition) is 2. The molecule has 1 aliphatic heterocycles. The Morgan fingerprint density at radius 1 is 1.06 bits per heavy atom. The first-order valence-electron chi connectivity index (χ1n) is 20.9. The molecule has 0 spiro atoms. The number of hydrogen-bond acceptors (Lipinski definition) is 7. The number of aliphatic carboxylic acids is 1. The molecule has 9 nitrogen and oxygen atoms in total. The molecule has 4 fully saturated rings. The van der Waals surface area contributed by atoms with Gasteiger partial charge in [-0.05, 0) is 110 Å². The molecule has 1 unspecified atom stereocenters. The number of carboxylic acids is 1. The number of rotatable bonds is 9. The highest BCUT2D eigenvalue weighted by atomic mass is 16.5. The molecule has 2 bridgehead atoms. The van der Waals surface area contributed by atoms with Crippen LogP contribution in [0.5, 0.6) is 0 Å². The number of aromatic nitrogens is 4. The maximum Gasteiger partial charge on any atom is 0.307 e. The second kappa shape index (κ2) is 13.2. The minimum absolute atomic E-state index is 0.0427. The predicted molar refractivity (Wildman–Crippen MR) is 213 cm³/mol. The van der Waals surface area contributed by atoms with Crippen LogP contribution in [0.1, 0.15) is 121 Å². The van der Waals surface area contributed by atoms with Gasteiger partial charge in [-0.1, -0.05) is 80.9 Å². The summed E-state index contributed by atoms with van der Waals surface area (Å²) in [6.45, 7) is 27.3. The Morgan fingerprint density at radius 3 is 2.39 bits per heavy atom. The normalized spacial score (nSPS) is 40.8. The molecule has 298 valence electrons. The van der Waals surface area contributed by atoms with Gasteiger partial charge in [0.2, 0.25) is 0 Å². The predicted octanol–water partition coefficient (Wildman–Crippen LogP) is 8.88. The van der Waals surface area contributed by atoms with Crippen LogP contribution in [0.25, 0.3) is 11.4 Å². The molecule has 3 heterocycles. The van der Waals surface area contributed by atoms with Crippen molar-refractivity contribution in [1.29, 1.82) is 0 Å². The van der Waals surface area contributed by atoms with Crippen LogP contribution in [-0.4, -0.2) is 69.3 Å². The van der Waals surface area contributed by atoms with E-state index in [-0.39, 0.29) is 50.2 Å². The fourth-order valence-corrected chi connectivity index (χ4v) is 13.2. The van der Waals surface area contributed by atoms with E-state index in [1.54, 1.807) is 6.33 Å². The first kappa shape index (κ1) is 39.6. The molecule has 0 aromatic carbocycles. The summed E-state index contributed by atoms with van der Waals surface area (Å²) >= 11 is 0. The first-order chi connectivity index (χ1) is 25.2. The van der Waals surface area contributed by atoms with Gasteiger partial charge in [0.25, 0.3) is 0 Å². The molecule has 2 aromatic heterocycles. The highest BCUT2D eigenvalue weighted by molar-refractivity contribution is 5.73. The molecule has 0 amide bonds. The summed E-state index contributed by atoms with van der Waals surface area (Å²) in [4.78, 5) is 22.7. The number of ether oxygens (including phenoxy) is 2. The number of allylic oxidation sites excluding steroid dienone is 1. The van der Waals surface area contributed by atoms with Crippen LogP contribution in [0.15, 0.2) is 42.5 Å². The van der Waals surface area contributed by atoms with Crippen molar-refractivity contribution in [1.82, 2.24) is 25.1 Å². The molecule has 7 rings (SSSR count). The van der Waals surface area contributed by atoms with E-state index in [1.165, 1.54) is 5.57 Å². The number of carbonyl (C=O) groups is 1. The molecule has 2 aromatic rings. The Kier molecular flexibility index (Phi) is 9.70. The number of carboxylic acid groups (broad SMARTS) is 1. The fourth-order valence-electron chi connectivity index (χ4n) is 13.2. The van der Waals surface area contributed by atoms with Gasteiger partial charge >= 0.3 is 5.97 Å². The van der Waals surface area contributed by atoms with Crippen molar-refractivity contribution in [3.8, 4) is 11.4 Å². The monoisotopic (exact) mass is 744 g/mol. The lowest BCUT2D eigenvalue weighted by Crippen LogP contribution is -2.69. The fraction of sp³-hybridized carbons (Fsp3) is 0.778. The van der Waals surface area contributed by atoms with Crippen LogP contribution in [0.4, 0.5) is 0 Å². The van der Waals surface area contributed by atoms with Crippen LogP contribution < -0.4 is 5.32 Å². The summed E-state index contributed by atoms with van der Waals surface area (Å²) in [5, 5.41) is 19.8. The summed E-state index contributed by atoms with van der Waals surface area (Å²) in [6, 6.07) is 3.94. The van der Waals surface area contributed by atoms with Crippen LogP contribution >= 0.6 is 0 Å². The van der Waals surface area contributed by atoms with Crippen LogP contribution in [0.2, 0.25) is 0 Å². The largest absolute Gasteiger partial charge is 0.481 e. The molecular formula is C45H69N5O4. The van der Waals surface area contributed by atoms with Gasteiger partial charge in [-0.3, -0.25) is 9.78 Å². The van der Waals surface area contributed by atoms with E-state index in [0.717, 1.165) is 49.9 Å². The molecule has 54 heavy (non-hydrogen) atoms. The molecule has 2 N–H and O–H groups in total. The summed E-state index contributed by atoms with van der Waals surface area (Å²) in [5.74, 6) is 1.19. The van der Waals surface area contributed by atoms with Crippen molar-refractivity contribution >= 4 is 5.97 Å². The van der Waals surface area contributed by atoms with Gasteiger partial charge in [-0.25, -0.2) is 9.67 Å². The van der Waals surface area contributed by atoms with E-state index >= 15 is 0 Å². The number of nitrogens with one attached hydrogen (secondary N) is 1. The Balaban J connectivity index is 1.35. The van der Waals surface area contributed by atoms with Gasteiger partial charge in [0.15, 0.2) is 5.82 Å². The SMILES string of the molecule is CN[C@](C)(CO[C@H]1[C@H](n2ncnc2-c2ccncc2)CC23COC[C@@]1(C)[C@@H]2CC[C@H]1C3=CC[C@@]2(C)[C@H](C(=O)O)[C@@](C)([C@H](C)C(C)C)CC[C@]12C)C(C)(C)C. The minimum Gasteiger partial charge on any atom is -0.481 e. The zero-order valence-electron chi connectivity index (χ0n) is 35.3. The average molecular weight is 744 g/mol. The Labute approximate surface area is 324 Å². The lowest BCUT2D eigenvalue weighted by molar-refractivity contribution is -0.253. The highest BCUT2D eigenvalue weighted by Gasteiger charge is 2.72. The van der Waals surface area contributed by atoms with E-state index < -0.39 is 11.9 Å². The Bertz CT molecular complexity index is 1750. The van der Waals surface area contributed by atoms with E-state index in [2.05, 4.69) is 97.2 Å². The lowest BCUT2D eigenvalue weighted by Gasteiger charge is -2.71. The van der Waals surface area contributed by atoms with Crippen molar-refractivity contribution in [2.45, 2.75) is 132 Å². The van der Waals surface area contributed by atoms with Gasteiger partial charge in [-0.2, -0.15) is 5.10 Å². The van der Waals surface area contributed by atoms with E-state index in [9.17, 15) is 9.90 Å². The number of pyridine rings is 1. The van der Waals surface area contributed by atoms with Gasteiger partial charge in [0.05, 0.1) is 37.9 Å². The molecular weight excluding hydrogens is 675 g/mol. The van der Waals surface area contributed by atoms with Gasteiger partial charge in [0.1, 0.15) is 6.33 Å². The van der Waals surface area contributed by atoms with Gasteiger partial charge in [-0.15, -0.1) is 0 Å². The van der Waals surface area contributed by atoms with E-state index in [4.69, 9.17) is 19.6 Å². The number of nitrogens with zero attached hydrogens (tertiary/aromatic N) is 4. The van der Waals surface area contributed by atoms with Crippen molar-refractivity contribution in [2.24, 2.45) is 62.1 Å². The summed E-state index contributed by atoms with van der Waals surface area (Å²) in [7, 11) is 2.04. The molecule has 0 radical (unpaired) electrons. The summed E-state index contributed by atoms with van der Waals surface area (Å²) in [6.07, 6.45) is 13.5. The standard InChI is InChI=1S/C45H69N5O4/c1-28(2)29(3)40(7)19-20-42(9)31-13-14-34-41(8)24-53-26-45(34,32(31)15-18-43(42,10)35(40)38(51)52)23-33(36(41)54-25-44(11,46-12)39(4,5)6)50-37(48-27-49-50)30-16-21-47-22-17-30/h15-17,21-22,27-29,31,33-36,46H,13-14,18-20,23-26H2,1-12H3,(H,51,52)/t29-,31+,33-,34+,35-,36+,40-,41+,42-,43+,44-,45?/m1/s1. The van der Waals surface area contributed by atoms with Crippen LogP contribution in [0.3, 0.4) is 0 Å². The highest BCUT2D eigenvalue weighted by Crippen LogP contribution is 2.75. The average Bonchev–Trinajstić information content (AvgIpc) is 3.60. The zero-order chi connectivity index (χ0) is 39.3. The molecule has 12 atom stereocenters. The first-order valence-corrected chi connectivity index (χ1v) is 20.9. The minimum atomic E-state index is -0.618. The maximum atomic E-state index is 13.6. The van der Waals surface area contributed by atoms with Crippen LogP contribution in [-0.2, 0) is 14.3 Å².